The summed E-state index contributed by atoms with van der Waals surface area (Å²) in [6.07, 6.45) is 2.19. The number of rotatable bonds is 11. The van der Waals surface area contributed by atoms with Crippen LogP contribution in [-0.4, -0.2) is 25.4 Å². The average molecular weight is 484 g/mol. The second-order valence-corrected chi connectivity index (χ2v) is 8.11. The van der Waals surface area contributed by atoms with Crippen molar-refractivity contribution in [1.29, 1.82) is 0 Å². The molecule has 0 saturated heterocycles. The predicted octanol–water partition coefficient (Wildman–Crippen LogP) is 6.47. The molecule has 0 atom stereocenters. The molecule has 0 bridgehead atoms. The number of halogens is 2. The first-order valence-corrected chi connectivity index (χ1v) is 11.6. The molecule has 0 unspecified atom stereocenters. The molecule has 7 heteroatoms. The van der Waals surface area contributed by atoms with Gasteiger partial charge in [0.15, 0.2) is 6.29 Å². The van der Waals surface area contributed by atoms with E-state index in [0.717, 1.165) is 24.0 Å². The van der Waals surface area contributed by atoms with Crippen molar-refractivity contribution in [3.8, 4) is 22.6 Å². The molecule has 3 aromatic carbocycles. The van der Waals surface area contributed by atoms with Gasteiger partial charge in [0.2, 0.25) is 0 Å². The Bertz CT molecular complexity index is 1170. The van der Waals surface area contributed by atoms with Gasteiger partial charge in [0, 0.05) is 12.1 Å². The lowest BCUT2D eigenvalue weighted by Gasteiger charge is -2.15. The van der Waals surface area contributed by atoms with Gasteiger partial charge in [0.1, 0.15) is 17.3 Å². The van der Waals surface area contributed by atoms with Crippen LogP contribution in [-0.2, 0) is 6.54 Å². The quantitative estimate of drug-likeness (QED) is 0.317. The van der Waals surface area contributed by atoms with Gasteiger partial charge in [-0.2, -0.15) is 0 Å². The van der Waals surface area contributed by atoms with Crippen LogP contribution in [0.1, 0.15) is 53.0 Å². The molecular formula is C27H27ClFNO4. The maximum absolute atomic E-state index is 13.7. The van der Waals surface area contributed by atoms with Crippen molar-refractivity contribution in [2.75, 3.05) is 13.2 Å². The summed E-state index contributed by atoms with van der Waals surface area (Å²) in [5.74, 6) is 0.347. The third-order valence-electron chi connectivity index (χ3n) is 5.08. The molecule has 0 aromatic heterocycles. The fraction of sp³-hybridized carbons (Fsp3) is 0.259. The number of hydrogen-bond donors (Lipinski definition) is 1. The molecule has 0 aliphatic heterocycles. The van der Waals surface area contributed by atoms with Crippen LogP contribution in [0.3, 0.4) is 0 Å². The molecule has 0 heterocycles. The van der Waals surface area contributed by atoms with Gasteiger partial charge in [-0.15, -0.1) is 0 Å². The van der Waals surface area contributed by atoms with Crippen LogP contribution in [0.25, 0.3) is 11.1 Å². The standard InChI is InChI=1S/C27H27ClFNO4/c1-3-11-33-22-7-8-23(24(28)15-22)27(32)30-16-20-13-19(6-10-26(20)34-12-4-2)18-5-9-25(29)21(14-18)17-31/h5-10,13-15,17H,3-4,11-12,16H2,1-2H3,(H,30,32). The number of amides is 1. The third kappa shape index (κ3) is 6.35. The lowest BCUT2D eigenvalue weighted by atomic mass is 10.00. The third-order valence-corrected chi connectivity index (χ3v) is 5.39. The van der Waals surface area contributed by atoms with Crippen LogP contribution in [0, 0.1) is 5.82 Å². The fourth-order valence-electron chi connectivity index (χ4n) is 3.32. The Morgan fingerprint density at radius 1 is 0.971 bits per heavy atom. The van der Waals surface area contributed by atoms with Crippen LogP contribution in [0.2, 0.25) is 5.02 Å². The maximum atomic E-state index is 13.7. The Balaban J connectivity index is 1.82. The summed E-state index contributed by atoms with van der Waals surface area (Å²) < 4.78 is 25.1. The van der Waals surface area contributed by atoms with Gasteiger partial charge in [-0.3, -0.25) is 9.59 Å². The van der Waals surface area contributed by atoms with Gasteiger partial charge in [-0.25, -0.2) is 4.39 Å². The highest BCUT2D eigenvalue weighted by molar-refractivity contribution is 6.34. The minimum atomic E-state index is -0.572. The molecule has 3 aromatic rings. The van der Waals surface area contributed by atoms with E-state index in [0.29, 0.717) is 47.1 Å². The van der Waals surface area contributed by atoms with Crippen LogP contribution in [0.15, 0.2) is 54.6 Å². The summed E-state index contributed by atoms with van der Waals surface area (Å²) in [5.41, 5.74) is 2.53. The van der Waals surface area contributed by atoms with E-state index in [-0.39, 0.29) is 18.0 Å². The fourth-order valence-corrected chi connectivity index (χ4v) is 3.58. The van der Waals surface area contributed by atoms with Crippen LogP contribution in [0.4, 0.5) is 4.39 Å². The molecule has 0 radical (unpaired) electrons. The number of benzene rings is 3. The summed E-state index contributed by atoms with van der Waals surface area (Å²) >= 11 is 6.31. The van der Waals surface area contributed by atoms with E-state index in [1.807, 2.05) is 32.0 Å². The van der Waals surface area contributed by atoms with Gasteiger partial charge in [-0.1, -0.05) is 37.6 Å². The van der Waals surface area contributed by atoms with Crippen molar-refractivity contribution in [3.63, 3.8) is 0 Å². The van der Waals surface area contributed by atoms with Crippen molar-refractivity contribution >= 4 is 23.8 Å². The smallest absolute Gasteiger partial charge is 0.253 e. The largest absolute Gasteiger partial charge is 0.494 e. The average Bonchev–Trinajstić information content (AvgIpc) is 2.85. The predicted molar refractivity (Wildman–Crippen MR) is 131 cm³/mol. The van der Waals surface area contributed by atoms with Gasteiger partial charge in [-0.05, 0) is 66.4 Å². The zero-order valence-corrected chi connectivity index (χ0v) is 20.0. The first kappa shape index (κ1) is 25.2. The van der Waals surface area contributed by atoms with Crippen molar-refractivity contribution < 1.29 is 23.5 Å². The van der Waals surface area contributed by atoms with Gasteiger partial charge < -0.3 is 14.8 Å². The second-order valence-electron chi connectivity index (χ2n) is 7.70. The maximum Gasteiger partial charge on any atom is 0.253 e. The molecule has 3 rings (SSSR count). The van der Waals surface area contributed by atoms with E-state index in [1.54, 1.807) is 24.3 Å². The van der Waals surface area contributed by atoms with Crippen molar-refractivity contribution in [2.24, 2.45) is 0 Å². The summed E-state index contributed by atoms with van der Waals surface area (Å²) in [7, 11) is 0. The number of nitrogens with one attached hydrogen (secondary N) is 1. The topological polar surface area (TPSA) is 64.6 Å². The first-order valence-electron chi connectivity index (χ1n) is 11.2. The SMILES string of the molecule is CCCOc1ccc(C(=O)NCc2cc(-c3ccc(F)c(C=O)c3)ccc2OCCC)c(Cl)c1. The van der Waals surface area contributed by atoms with Crippen molar-refractivity contribution in [1.82, 2.24) is 5.32 Å². The van der Waals surface area contributed by atoms with E-state index < -0.39 is 5.82 Å². The summed E-state index contributed by atoms with van der Waals surface area (Å²) in [4.78, 5) is 23.9. The molecule has 178 valence electrons. The van der Waals surface area contributed by atoms with Gasteiger partial charge in [0.05, 0.1) is 29.4 Å². The van der Waals surface area contributed by atoms with Crippen LogP contribution in [0.5, 0.6) is 11.5 Å². The molecule has 1 amide bonds. The number of ether oxygens (including phenoxy) is 2. The lowest BCUT2D eigenvalue weighted by Crippen LogP contribution is -2.23. The summed E-state index contributed by atoms with van der Waals surface area (Å²) in [6, 6.07) is 14.8. The Kier molecular flexibility index (Phi) is 9.05. The van der Waals surface area contributed by atoms with Crippen LogP contribution < -0.4 is 14.8 Å². The van der Waals surface area contributed by atoms with Crippen molar-refractivity contribution in [2.45, 2.75) is 33.2 Å². The molecule has 0 aliphatic carbocycles. The molecular weight excluding hydrogens is 457 g/mol. The van der Waals surface area contributed by atoms with E-state index in [2.05, 4.69) is 5.32 Å². The number of aldehydes is 1. The summed E-state index contributed by atoms with van der Waals surface area (Å²) in [5, 5.41) is 3.19. The van der Waals surface area contributed by atoms with Gasteiger partial charge >= 0.3 is 0 Å². The minimum absolute atomic E-state index is 0.0142. The highest BCUT2D eigenvalue weighted by Crippen LogP contribution is 2.29. The first-order chi connectivity index (χ1) is 16.5. The summed E-state index contributed by atoms with van der Waals surface area (Å²) in [6.45, 7) is 5.30. The zero-order valence-electron chi connectivity index (χ0n) is 19.2. The highest BCUT2D eigenvalue weighted by atomic mass is 35.5. The van der Waals surface area contributed by atoms with E-state index in [9.17, 15) is 14.0 Å². The Hall–Kier alpha value is -3.38. The Morgan fingerprint density at radius 3 is 2.38 bits per heavy atom. The molecule has 0 saturated carbocycles. The molecule has 5 nitrogen and oxygen atoms in total. The lowest BCUT2D eigenvalue weighted by molar-refractivity contribution is 0.0950. The minimum Gasteiger partial charge on any atom is -0.494 e. The Morgan fingerprint density at radius 2 is 1.68 bits per heavy atom. The van der Waals surface area contributed by atoms with E-state index in [1.165, 1.54) is 12.1 Å². The molecule has 1 N–H and O–H groups in total. The molecule has 34 heavy (non-hydrogen) atoms. The monoisotopic (exact) mass is 483 g/mol. The van der Waals surface area contributed by atoms with Gasteiger partial charge in [0.25, 0.3) is 5.91 Å². The highest BCUT2D eigenvalue weighted by Gasteiger charge is 2.14. The van der Waals surface area contributed by atoms with E-state index in [4.69, 9.17) is 21.1 Å². The number of carbonyl (C=O) groups excluding carboxylic acids is 2. The zero-order chi connectivity index (χ0) is 24.5. The van der Waals surface area contributed by atoms with E-state index >= 15 is 0 Å². The molecule has 0 aliphatic rings. The van der Waals surface area contributed by atoms with Crippen molar-refractivity contribution in [3.05, 3.63) is 82.1 Å². The number of carbonyl (C=O) groups is 2. The Labute approximate surface area is 203 Å². The van der Waals surface area contributed by atoms with Crippen LogP contribution >= 0.6 is 11.6 Å². The second kappa shape index (κ2) is 12.2. The number of hydrogen-bond acceptors (Lipinski definition) is 4. The molecule has 0 spiro atoms. The normalized spacial score (nSPS) is 10.6. The molecule has 0 fully saturated rings.